The van der Waals surface area contributed by atoms with Crippen LogP contribution in [0.3, 0.4) is 0 Å². The Morgan fingerprint density at radius 1 is 1.25 bits per heavy atom. The van der Waals surface area contributed by atoms with Crippen molar-refractivity contribution in [2.75, 3.05) is 0 Å². The second kappa shape index (κ2) is 4.90. The van der Waals surface area contributed by atoms with Crippen LogP contribution in [-0.2, 0) is 5.60 Å². The van der Waals surface area contributed by atoms with Crippen LogP contribution in [0.4, 0.5) is 0 Å². The lowest BCUT2D eigenvalue weighted by molar-refractivity contribution is -0.00493. The minimum atomic E-state index is -0.512. The van der Waals surface area contributed by atoms with Gasteiger partial charge >= 0.3 is 0 Å². The molecule has 1 N–H and O–H groups in total. The maximum atomic E-state index is 10.5. The van der Waals surface area contributed by atoms with Gasteiger partial charge in [0.15, 0.2) is 0 Å². The molecule has 20 heavy (non-hydrogen) atoms. The largest absolute Gasteiger partial charge is 0.482 e. The Hall–Kier alpha value is -1.32. The number of hydrogen-bond donors (Lipinski definition) is 1. The van der Waals surface area contributed by atoms with Gasteiger partial charge in [-0.15, -0.1) is 0 Å². The van der Waals surface area contributed by atoms with Gasteiger partial charge in [0.05, 0.1) is 6.10 Å². The van der Waals surface area contributed by atoms with Crippen molar-refractivity contribution in [1.82, 2.24) is 0 Å². The third-order valence-corrected chi connectivity index (χ3v) is 4.37. The van der Waals surface area contributed by atoms with Crippen LogP contribution in [0.15, 0.2) is 46.9 Å². The summed E-state index contributed by atoms with van der Waals surface area (Å²) in [6, 6.07) is 14.1. The first-order valence-electron chi connectivity index (χ1n) is 6.72. The molecule has 0 fully saturated rings. The molecule has 2 aromatic carbocycles. The van der Waals surface area contributed by atoms with Crippen LogP contribution in [0.2, 0.25) is 0 Å². The summed E-state index contributed by atoms with van der Waals surface area (Å²) in [6.45, 7) is 4.10. The van der Waals surface area contributed by atoms with Crippen molar-refractivity contribution in [2.45, 2.75) is 32.0 Å². The van der Waals surface area contributed by atoms with Gasteiger partial charge < -0.3 is 9.84 Å². The predicted molar refractivity (Wildman–Crippen MR) is 82.9 cm³/mol. The zero-order chi connectivity index (χ0) is 14.3. The second-order valence-electron chi connectivity index (χ2n) is 5.60. The number of ether oxygens (including phenoxy) is 1. The highest BCUT2D eigenvalue weighted by atomic mass is 79.9. The van der Waals surface area contributed by atoms with Crippen molar-refractivity contribution in [3.8, 4) is 5.75 Å². The number of aryl methyl sites for hydroxylation is 1. The van der Waals surface area contributed by atoms with Crippen LogP contribution in [0.5, 0.6) is 5.75 Å². The molecule has 0 saturated heterocycles. The zero-order valence-corrected chi connectivity index (χ0v) is 13.1. The molecule has 2 unspecified atom stereocenters. The summed E-state index contributed by atoms with van der Waals surface area (Å²) in [5.41, 5.74) is 2.66. The van der Waals surface area contributed by atoms with Gasteiger partial charge in [-0.1, -0.05) is 45.8 Å². The van der Waals surface area contributed by atoms with Gasteiger partial charge in [-0.3, -0.25) is 0 Å². The van der Waals surface area contributed by atoms with Crippen molar-refractivity contribution < 1.29 is 9.84 Å². The Morgan fingerprint density at radius 2 is 2.05 bits per heavy atom. The Kier molecular flexibility index (Phi) is 3.35. The van der Waals surface area contributed by atoms with Gasteiger partial charge in [0.2, 0.25) is 0 Å². The number of fused-ring (bicyclic) bond motifs is 1. The van der Waals surface area contributed by atoms with E-state index in [1.165, 1.54) is 5.56 Å². The van der Waals surface area contributed by atoms with Crippen molar-refractivity contribution in [3.05, 3.63) is 63.6 Å². The van der Waals surface area contributed by atoms with E-state index in [9.17, 15) is 5.11 Å². The average Bonchev–Trinajstić information content (AvgIpc) is 2.40. The molecule has 0 amide bonds. The molecule has 0 radical (unpaired) electrons. The third-order valence-electron chi connectivity index (χ3n) is 3.88. The lowest BCUT2D eigenvalue weighted by atomic mass is 9.84. The zero-order valence-electron chi connectivity index (χ0n) is 11.6. The molecule has 1 aliphatic rings. The molecule has 3 rings (SSSR count). The Morgan fingerprint density at radius 3 is 2.80 bits per heavy atom. The van der Waals surface area contributed by atoms with Gasteiger partial charge in [-0.25, -0.2) is 0 Å². The monoisotopic (exact) mass is 332 g/mol. The minimum Gasteiger partial charge on any atom is -0.482 e. The maximum absolute atomic E-state index is 10.5. The van der Waals surface area contributed by atoms with Crippen LogP contribution < -0.4 is 4.74 Å². The van der Waals surface area contributed by atoms with E-state index < -0.39 is 11.7 Å². The summed E-state index contributed by atoms with van der Waals surface area (Å²) in [4.78, 5) is 0. The second-order valence-corrected chi connectivity index (χ2v) is 6.52. The SMILES string of the molecule is Cc1cccc(C2(C)CC(O)c3cc(Br)ccc3O2)c1. The van der Waals surface area contributed by atoms with E-state index in [-0.39, 0.29) is 0 Å². The fourth-order valence-electron chi connectivity index (χ4n) is 2.79. The van der Waals surface area contributed by atoms with Crippen molar-refractivity contribution >= 4 is 15.9 Å². The van der Waals surface area contributed by atoms with E-state index in [2.05, 4.69) is 41.1 Å². The molecule has 0 spiro atoms. The highest BCUT2D eigenvalue weighted by Crippen LogP contribution is 2.45. The summed E-state index contributed by atoms with van der Waals surface area (Å²) in [7, 11) is 0. The van der Waals surface area contributed by atoms with E-state index in [0.717, 1.165) is 21.3 Å². The number of rotatable bonds is 1. The quantitative estimate of drug-likeness (QED) is 0.833. The number of benzene rings is 2. The predicted octanol–water partition coefficient (Wildman–Crippen LogP) is 4.49. The van der Waals surface area contributed by atoms with Crippen LogP contribution >= 0.6 is 15.9 Å². The standard InChI is InChI=1S/C17H17BrO2/c1-11-4-3-5-12(8-11)17(2)10-15(19)14-9-13(18)6-7-16(14)20-17/h3-9,15,19H,10H2,1-2H3. The van der Waals surface area contributed by atoms with E-state index in [1.54, 1.807) is 0 Å². The van der Waals surface area contributed by atoms with Crippen molar-refractivity contribution in [2.24, 2.45) is 0 Å². The molecule has 2 atom stereocenters. The average molecular weight is 333 g/mol. The van der Waals surface area contributed by atoms with Crippen LogP contribution in [0, 0.1) is 6.92 Å². The normalized spacial score (nSPS) is 24.9. The lowest BCUT2D eigenvalue weighted by Crippen LogP contribution is -2.35. The van der Waals surface area contributed by atoms with E-state index in [4.69, 9.17) is 4.74 Å². The lowest BCUT2D eigenvalue weighted by Gasteiger charge is -2.38. The molecule has 0 aliphatic carbocycles. The fourth-order valence-corrected chi connectivity index (χ4v) is 3.17. The molecular weight excluding hydrogens is 316 g/mol. The van der Waals surface area contributed by atoms with Gasteiger partial charge in [-0.2, -0.15) is 0 Å². The molecular formula is C17H17BrO2. The molecule has 0 aromatic heterocycles. The van der Waals surface area contributed by atoms with Gasteiger partial charge in [-0.05, 0) is 37.6 Å². The molecule has 1 aliphatic heterocycles. The van der Waals surface area contributed by atoms with Crippen LogP contribution in [0.1, 0.15) is 36.1 Å². The molecule has 3 heteroatoms. The number of hydrogen-bond acceptors (Lipinski definition) is 2. The Bertz CT molecular complexity index is 653. The van der Waals surface area contributed by atoms with Crippen molar-refractivity contribution in [1.29, 1.82) is 0 Å². The Balaban J connectivity index is 2.04. The summed E-state index contributed by atoms with van der Waals surface area (Å²) in [5.74, 6) is 0.760. The maximum Gasteiger partial charge on any atom is 0.134 e. The molecule has 104 valence electrons. The summed E-state index contributed by atoms with van der Waals surface area (Å²) >= 11 is 3.43. The Labute approximate surface area is 127 Å². The first-order chi connectivity index (χ1) is 9.48. The number of halogens is 1. The minimum absolute atomic E-state index is 0.494. The first kappa shape index (κ1) is 13.7. The molecule has 0 bridgehead atoms. The van der Waals surface area contributed by atoms with Gasteiger partial charge in [0.1, 0.15) is 11.4 Å². The number of aliphatic hydroxyl groups is 1. The number of aliphatic hydroxyl groups excluding tert-OH is 1. The van der Waals surface area contributed by atoms with Crippen molar-refractivity contribution in [3.63, 3.8) is 0 Å². The topological polar surface area (TPSA) is 29.5 Å². The van der Waals surface area contributed by atoms with Gasteiger partial charge in [0.25, 0.3) is 0 Å². The fraction of sp³-hybridized carbons (Fsp3) is 0.294. The van der Waals surface area contributed by atoms with E-state index in [0.29, 0.717) is 6.42 Å². The highest BCUT2D eigenvalue weighted by molar-refractivity contribution is 9.10. The summed E-state index contributed by atoms with van der Waals surface area (Å²) in [6.07, 6.45) is 0.0432. The third kappa shape index (κ3) is 2.36. The first-order valence-corrected chi connectivity index (χ1v) is 7.51. The highest BCUT2D eigenvalue weighted by Gasteiger charge is 2.38. The van der Waals surface area contributed by atoms with E-state index >= 15 is 0 Å². The molecule has 0 saturated carbocycles. The van der Waals surface area contributed by atoms with E-state index in [1.807, 2.05) is 31.2 Å². The van der Waals surface area contributed by atoms with Crippen LogP contribution in [0.25, 0.3) is 0 Å². The smallest absolute Gasteiger partial charge is 0.134 e. The summed E-state index contributed by atoms with van der Waals surface area (Å²) < 4.78 is 7.16. The molecule has 2 aromatic rings. The molecule has 2 nitrogen and oxygen atoms in total. The van der Waals surface area contributed by atoms with Gasteiger partial charge in [0, 0.05) is 16.5 Å². The summed E-state index contributed by atoms with van der Waals surface area (Å²) in [5, 5.41) is 10.5. The van der Waals surface area contributed by atoms with Crippen LogP contribution in [-0.4, -0.2) is 5.11 Å². The molecule has 1 heterocycles.